The highest BCUT2D eigenvalue weighted by atomic mass is 16.5. The van der Waals surface area contributed by atoms with Crippen molar-refractivity contribution in [1.29, 1.82) is 0 Å². The second-order valence-corrected chi connectivity index (χ2v) is 4.95. The summed E-state index contributed by atoms with van der Waals surface area (Å²) in [6, 6.07) is 8.09. The molecular formula is C15H24N2O2. The van der Waals surface area contributed by atoms with Crippen LogP contribution in [0.5, 0.6) is 5.75 Å². The monoisotopic (exact) mass is 264 g/mol. The molecule has 1 N–H and O–H groups in total. The van der Waals surface area contributed by atoms with Gasteiger partial charge in [0.05, 0.1) is 19.8 Å². The minimum atomic E-state index is 0.0779. The van der Waals surface area contributed by atoms with E-state index in [4.69, 9.17) is 4.74 Å². The predicted octanol–water partition coefficient (Wildman–Crippen LogP) is 1.37. The van der Waals surface area contributed by atoms with E-state index in [9.17, 15) is 5.11 Å². The molecule has 1 aromatic rings. The number of likely N-dealkylation sites (N-methyl/N-ethyl adjacent to an activating group) is 1. The summed E-state index contributed by atoms with van der Waals surface area (Å²) in [5, 5.41) is 9.72. The maximum atomic E-state index is 9.72. The van der Waals surface area contributed by atoms with Gasteiger partial charge in [-0.25, -0.2) is 0 Å². The van der Waals surface area contributed by atoms with Crippen LogP contribution in [0.1, 0.15) is 18.5 Å². The Hall–Kier alpha value is -1.10. The SMILES string of the molecule is CCN1CCN(C(CO)c2cccc(OC)c2)CC1. The van der Waals surface area contributed by atoms with Gasteiger partial charge in [-0.1, -0.05) is 19.1 Å². The summed E-state index contributed by atoms with van der Waals surface area (Å²) in [6.45, 7) is 7.64. The molecule has 0 bridgehead atoms. The molecule has 2 rings (SSSR count). The van der Waals surface area contributed by atoms with Crippen molar-refractivity contribution in [3.05, 3.63) is 29.8 Å². The van der Waals surface area contributed by atoms with Crippen LogP contribution in [0.25, 0.3) is 0 Å². The summed E-state index contributed by atoms with van der Waals surface area (Å²) in [5.41, 5.74) is 1.13. The predicted molar refractivity (Wildman–Crippen MR) is 76.5 cm³/mol. The summed E-state index contributed by atoms with van der Waals surface area (Å²) in [7, 11) is 1.67. The molecule has 1 aliphatic heterocycles. The molecule has 1 aromatic carbocycles. The summed E-state index contributed by atoms with van der Waals surface area (Å²) in [6.07, 6.45) is 0. The van der Waals surface area contributed by atoms with E-state index in [1.807, 2.05) is 18.2 Å². The van der Waals surface area contributed by atoms with Crippen molar-refractivity contribution < 1.29 is 9.84 Å². The zero-order valence-corrected chi connectivity index (χ0v) is 11.9. The van der Waals surface area contributed by atoms with Crippen molar-refractivity contribution in [2.24, 2.45) is 0 Å². The summed E-state index contributed by atoms with van der Waals surface area (Å²) in [5.74, 6) is 0.850. The van der Waals surface area contributed by atoms with Gasteiger partial charge in [0.2, 0.25) is 0 Å². The Morgan fingerprint density at radius 3 is 2.58 bits per heavy atom. The van der Waals surface area contributed by atoms with Crippen molar-refractivity contribution in [1.82, 2.24) is 9.80 Å². The van der Waals surface area contributed by atoms with Gasteiger partial charge in [0, 0.05) is 26.2 Å². The van der Waals surface area contributed by atoms with Crippen LogP contribution in [0.4, 0.5) is 0 Å². The van der Waals surface area contributed by atoms with Crippen LogP contribution in [0.3, 0.4) is 0 Å². The first-order valence-corrected chi connectivity index (χ1v) is 6.99. The fraction of sp³-hybridized carbons (Fsp3) is 0.600. The molecule has 0 amide bonds. The van der Waals surface area contributed by atoms with Crippen LogP contribution in [-0.2, 0) is 0 Å². The fourth-order valence-electron chi connectivity index (χ4n) is 2.67. The Kier molecular flexibility index (Phi) is 5.19. The third kappa shape index (κ3) is 3.47. The number of aliphatic hydroxyl groups is 1. The molecule has 1 atom stereocenters. The molecule has 1 aliphatic rings. The molecule has 4 nitrogen and oxygen atoms in total. The molecule has 0 saturated carbocycles. The summed E-state index contributed by atoms with van der Waals surface area (Å²) < 4.78 is 5.26. The number of ether oxygens (including phenoxy) is 1. The zero-order valence-electron chi connectivity index (χ0n) is 11.9. The molecule has 19 heavy (non-hydrogen) atoms. The summed E-state index contributed by atoms with van der Waals surface area (Å²) in [4.78, 5) is 4.80. The maximum absolute atomic E-state index is 9.72. The first-order valence-electron chi connectivity index (χ1n) is 6.99. The van der Waals surface area contributed by atoms with Crippen LogP contribution < -0.4 is 4.74 Å². The molecule has 1 unspecified atom stereocenters. The molecule has 1 saturated heterocycles. The quantitative estimate of drug-likeness (QED) is 0.871. The standard InChI is InChI=1S/C15H24N2O2/c1-3-16-7-9-17(10-8-16)15(12-18)13-5-4-6-14(11-13)19-2/h4-6,11,15,18H,3,7-10,12H2,1-2H3. The Morgan fingerprint density at radius 1 is 1.26 bits per heavy atom. The van der Waals surface area contributed by atoms with Crippen molar-refractivity contribution in [2.75, 3.05) is 46.4 Å². The number of aliphatic hydroxyl groups excluding tert-OH is 1. The lowest BCUT2D eigenvalue weighted by Crippen LogP contribution is -2.48. The van der Waals surface area contributed by atoms with Crippen LogP contribution in [0.2, 0.25) is 0 Å². The molecular weight excluding hydrogens is 240 g/mol. The third-order valence-electron chi connectivity index (χ3n) is 3.95. The van der Waals surface area contributed by atoms with E-state index >= 15 is 0 Å². The average Bonchev–Trinajstić information content (AvgIpc) is 2.49. The van der Waals surface area contributed by atoms with Gasteiger partial charge in [-0.05, 0) is 24.2 Å². The molecule has 0 aliphatic carbocycles. The number of methoxy groups -OCH3 is 1. The van der Waals surface area contributed by atoms with Crippen molar-refractivity contribution in [2.45, 2.75) is 13.0 Å². The van der Waals surface area contributed by atoms with Gasteiger partial charge < -0.3 is 14.7 Å². The largest absolute Gasteiger partial charge is 0.497 e. The van der Waals surface area contributed by atoms with E-state index in [-0.39, 0.29) is 12.6 Å². The minimum absolute atomic E-state index is 0.0779. The molecule has 1 heterocycles. The van der Waals surface area contributed by atoms with Crippen molar-refractivity contribution >= 4 is 0 Å². The van der Waals surface area contributed by atoms with Gasteiger partial charge >= 0.3 is 0 Å². The topological polar surface area (TPSA) is 35.9 Å². The molecule has 4 heteroatoms. The molecule has 1 fully saturated rings. The van der Waals surface area contributed by atoms with E-state index in [0.717, 1.165) is 44.0 Å². The highest BCUT2D eigenvalue weighted by Gasteiger charge is 2.24. The van der Waals surface area contributed by atoms with E-state index in [1.165, 1.54) is 0 Å². The van der Waals surface area contributed by atoms with E-state index in [2.05, 4.69) is 22.8 Å². The second kappa shape index (κ2) is 6.89. The Balaban J connectivity index is 2.07. The van der Waals surface area contributed by atoms with Gasteiger partial charge in [0.1, 0.15) is 5.75 Å². The van der Waals surface area contributed by atoms with Gasteiger partial charge in [-0.2, -0.15) is 0 Å². The zero-order chi connectivity index (χ0) is 13.7. The van der Waals surface area contributed by atoms with Gasteiger partial charge in [0.15, 0.2) is 0 Å². The van der Waals surface area contributed by atoms with E-state index in [1.54, 1.807) is 7.11 Å². The van der Waals surface area contributed by atoms with Gasteiger partial charge in [0.25, 0.3) is 0 Å². The highest BCUT2D eigenvalue weighted by molar-refractivity contribution is 5.30. The van der Waals surface area contributed by atoms with Crippen molar-refractivity contribution in [3.8, 4) is 5.75 Å². The minimum Gasteiger partial charge on any atom is -0.497 e. The number of hydrogen-bond donors (Lipinski definition) is 1. The van der Waals surface area contributed by atoms with Crippen LogP contribution in [0.15, 0.2) is 24.3 Å². The Labute approximate surface area is 115 Å². The Bertz CT molecular complexity index is 389. The molecule has 106 valence electrons. The third-order valence-corrected chi connectivity index (χ3v) is 3.95. The molecule has 0 aromatic heterocycles. The Morgan fingerprint density at radius 2 is 2.00 bits per heavy atom. The molecule has 0 spiro atoms. The van der Waals surface area contributed by atoms with Gasteiger partial charge in [-0.3, -0.25) is 4.90 Å². The lowest BCUT2D eigenvalue weighted by atomic mass is 10.0. The fourth-order valence-corrected chi connectivity index (χ4v) is 2.67. The maximum Gasteiger partial charge on any atom is 0.119 e. The number of hydrogen-bond acceptors (Lipinski definition) is 4. The first kappa shape index (κ1) is 14.3. The average molecular weight is 264 g/mol. The second-order valence-electron chi connectivity index (χ2n) is 4.95. The lowest BCUT2D eigenvalue weighted by molar-refractivity contribution is 0.0671. The number of rotatable bonds is 5. The van der Waals surface area contributed by atoms with Crippen LogP contribution in [-0.4, -0.2) is 61.3 Å². The number of piperazine rings is 1. The number of nitrogens with zero attached hydrogens (tertiary/aromatic N) is 2. The van der Waals surface area contributed by atoms with E-state index in [0.29, 0.717) is 0 Å². The normalized spacial score (nSPS) is 19.3. The smallest absolute Gasteiger partial charge is 0.119 e. The molecule has 0 radical (unpaired) electrons. The highest BCUT2D eigenvalue weighted by Crippen LogP contribution is 2.24. The lowest BCUT2D eigenvalue weighted by Gasteiger charge is -2.38. The van der Waals surface area contributed by atoms with Crippen molar-refractivity contribution in [3.63, 3.8) is 0 Å². The number of benzene rings is 1. The van der Waals surface area contributed by atoms with Crippen LogP contribution >= 0.6 is 0 Å². The van der Waals surface area contributed by atoms with Crippen LogP contribution in [0, 0.1) is 0 Å². The first-order chi connectivity index (χ1) is 9.28. The van der Waals surface area contributed by atoms with Gasteiger partial charge in [-0.15, -0.1) is 0 Å². The van der Waals surface area contributed by atoms with E-state index < -0.39 is 0 Å². The summed E-state index contributed by atoms with van der Waals surface area (Å²) >= 11 is 0.